The first-order chi connectivity index (χ1) is 19.0. The zero-order valence-electron chi connectivity index (χ0n) is 21.8. The molecule has 200 valence electrons. The van der Waals surface area contributed by atoms with E-state index in [0.29, 0.717) is 41.6 Å². The van der Waals surface area contributed by atoms with E-state index in [0.717, 1.165) is 62.4 Å². The highest BCUT2D eigenvalue weighted by molar-refractivity contribution is 5.74. The lowest BCUT2D eigenvalue weighted by Gasteiger charge is -2.43. The predicted octanol–water partition coefficient (Wildman–Crippen LogP) is 2.49. The average Bonchev–Trinajstić information content (AvgIpc) is 3.59. The number of nitrogens with two attached hydrogens (primary N) is 1. The van der Waals surface area contributed by atoms with Crippen LogP contribution in [0, 0.1) is 17.8 Å². The van der Waals surface area contributed by atoms with E-state index in [1.54, 1.807) is 12.1 Å². The van der Waals surface area contributed by atoms with Crippen molar-refractivity contribution in [3.63, 3.8) is 0 Å². The number of phenolic OH excluding ortho intramolecular Hbond substituents is 1. The Morgan fingerprint density at radius 3 is 2.59 bits per heavy atom. The van der Waals surface area contributed by atoms with Crippen LogP contribution < -0.4 is 15.5 Å². The Balaban J connectivity index is 1.07. The molecule has 1 aliphatic carbocycles. The van der Waals surface area contributed by atoms with Crippen molar-refractivity contribution in [3.8, 4) is 28.8 Å². The van der Waals surface area contributed by atoms with E-state index in [-0.39, 0.29) is 17.9 Å². The molecule has 2 aromatic heterocycles. The van der Waals surface area contributed by atoms with Crippen LogP contribution in [0.25, 0.3) is 11.3 Å². The third-order valence-electron chi connectivity index (χ3n) is 8.90. The van der Waals surface area contributed by atoms with Crippen LogP contribution in [0.3, 0.4) is 0 Å². The topological polar surface area (TPSA) is 115 Å². The van der Waals surface area contributed by atoms with Crippen molar-refractivity contribution in [2.24, 2.45) is 5.92 Å². The molecular weight excluding hydrogens is 490 g/mol. The number of anilines is 3. The summed E-state index contributed by atoms with van der Waals surface area (Å²) in [4.78, 5) is 11.7. The molecule has 5 heterocycles. The molecule has 0 spiro atoms. The van der Waals surface area contributed by atoms with Crippen LogP contribution in [0.15, 0.2) is 48.7 Å². The SMILES string of the molecule is Nc1nnc(-c2ccccc2O)cc1N1CC2CCC(C1)N2c1ccnc(C#CCN2C[C@@H]3C[C@@H](O)[C@H]2C3)c1. The minimum atomic E-state index is -0.198. The fraction of sp³-hybridized carbons (Fsp3) is 0.433. The molecule has 1 saturated carbocycles. The number of nitrogen functional groups attached to an aromatic ring is 1. The Morgan fingerprint density at radius 2 is 1.82 bits per heavy atom. The fourth-order valence-corrected chi connectivity index (χ4v) is 7.15. The highest BCUT2D eigenvalue weighted by Gasteiger charge is 2.43. The Labute approximate surface area is 228 Å². The van der Waals surface area contributed by atoms with Crippen molar-refractivity contribution < 1.29 is 10.2 Å². The monoisotopic (exact) mass is 523 g/mol. The average molecular weight is 524 g/mol. The molecule has 3 aliphatic heterocycles. The lowest BCUT2D eigenvalue weighted by Crippen LogP contribution is -2.54. The second-order valence-electron chi connectivity index (χ2n) is 11.3. The van der Waals surface area contributed by atoms with Gasteiger partial charge in [-0.3, -0.25) is 4.90 Å². The van der Waals surface area contributed by atoms with Gasteiger partial charge in [-0.05, 0) is 67.9 Å². The number of nitrogens with zero attached hydrogens (tertiary/aromatic N) is 6. The van der Waals surface area contributed by atoms with Crippen LogP contribution in [0.4, 0.5) is 17.2 Å². The second-order valence-corrected chi connectivity index (χ2v) is 11.3. The van der Waals surface area contributed by atoms with Gasteiger partial charge in [0.25, 0.3) is 0 Å². The van der Waals surface area contributed by atoms with Crippen LogP contribution in [0.2, 0.25) is 0 Å². The minimum Gasteiger partial charge on any atom is -0.507 e. The van der Waals surface area contributed by atoms with Crippen molar-refractivity contribution in [2.45, 2.75) is 49.9 Å². The summed E-state index contributed by atoms with van der Waals surface area (Å²) >= 11 is 0. The first-order valence-corrected chi connectivity index (χ1v) is 13.9. The molecule has 0 amide bonds. The molecule has 5 atom stereocenters. The van der Waals surface area contributed by atoms with Gasteiger partial charge in [-0.2, -0.15) is 0 Å². The lowest BCUT2D eigenvalue weighted by atomic mass is 10.1. The summed E-state index contributed by atoms with van der Waals surface area (Å²) in [6.45, 7) is 3.38. The summed E-state index contributed by atoms with van der Waals surface area (Å²) in [6.07, 6.45) is 5.91. The molecule has 9 nitrogen and oxygen atoms in total. The predicted molar refractivity (Wildman–Crippen MR) is 150 cm³/mol. The molecule has 4 fully saturated rings. The number of phenols is 1. The van der Waals surface area contributed by atoms with Gasteiger partial charge in [0, 0.05) is 55.2 Å². The Kier molecular flexibility index (Phi) is 6.02. The van der Waals surface area contributed by atoms with Crippen LogP contribution >= 0.6 is 0 Å². The van der Waals surface area contributed by atoms with Crippen LogP contribution in [0.5, 0.6) is 5.75 Å². The van der Waals surface area contributed by atoms with Gasteiger partial charge >= 0.3 is 0 Å². The summed E-state index contributed by atoms with van der Waals surface area (Å²) in [5, 5.41) is 29.0. The summed E-state index contributed by atoms with van der Waals surface area (Å²) in [6, 6.07) is 14.2. The number of hydrogen-bond donors (Lipinski definition) is 3. The molecular formula is C30H33N7O2. The van der Waals surface area contributed by atoms with Gasteiger partial charge in [0.1, 0.15) is 11.4 Å². The number of hydrogen-bond acceptors (Lipinski definition) is 9. The van der Waals surface area contributed by atoms with Crippen LogP contribution in [0.1, 0.15) is 31.4 Å². The molecule has 2 unspecified atom stereocenters. The third kappa shape index (κ3) is 4.44. The number of para-hydroxylation sites is 1. The highest BCUT2D eigenvalue weighted by atomic mass is 16.3. The quantitative estimate of drug-likeness (QED) is 0.444. The Hall–Kier alpha value is -3.87. The molecule has 1 aromatic carbocycles. The number of aromatic hydroxyl groups is 1. The number of aromatic nitrogens is 3. The summed E-state index contributed by atoms with van der Waals surface area (Å²) in [5.41, 5.74) is 10.4. The van der Waals surface area contributed by atoms with Crippen molar-refractivity contribution in [2.75, 3.05) is 41.7 Å². The highest BCUT2D eigenvalue weighted by Crippen LogP contribution is 2.39. The number of pyridine rings is 1. The Bertz CT molecular complexity index is 1440. The van der Waals surface area contributed by atoms with Crippen molar-refractivity contribution in [3.05, 3.63) is 54.4 Å². The van der Waals surface area contributed by atoms with Crippen molar-refractivity contribution in [1.82, 2.24) is 20.1 Å². The number of aliphatic hydroxyl groups is 1. The number of rotatable bonds is 4. The minimum absolute atomic E-state index is 0.175. The number of aliphatic hydroxyl groups excluding tert-OH is 1. The van der Waals surface area contributed by atoms with E-state index in [9.17, 15) is 10.2 Å². The fourth-order valence-electron chi connectivity index (χ4n) is 7.15. The lowest BCUT2D eigenvalue weighted by molar-refractivity contribution is 0.0646. The Morgan fingerprint density at radius 1 is 1.00 bits per heavy atom. The van der Waals surface area contributed by atoms with Crippen LogP contribution in [-0.4, -0.2) is 80.7 Å². The molecule has 3 aromatic rings. The van der Waals surface area contributed by atoms with E-state index in [2.05, 4.69) is 53.9 Å². The van der Waals surface area contributed by atoms with Gasteiger partial charge in [-0.25, -0.2) is 4.98 Å². The van der Waals surface area contributed by atoms with E-state index >= 15 is 0 Å². The maximum atomic E-state index is 10.3. The summed E-state index contributed by atoms with van der Waals surface area (Å²) in [5.74, 6) is 7.78. The maximum absolute atomic E-state index is 10.3. The first kappa shape index (κ1) is 24.2. The first-order valence-electron chi connectivity index (χ1n) is 13.9. The molecule has 3 saturated heterocycles. The molecule has 4 bridgehead atoms. The molecule has 0 radical (unpaired) electrons. The van der Waals surface area contributed by atoms with Crippen molar-refractivity contribution >= 4 is 17.2 Å². The van der Waals surface area contributed by atoms with Gasteiger partial charge in [0.2, 0.25) is 0 Å². The van der Waals surface area contributed by atoms with E-state index in [1.165, 1.54) is 0 Å². The zero-order chi connectivity index (χ0) is 26.5. The number of benzene rings is 1. The van der Waals surface area contributed by atoms with E-state index in [1.807, 2.05) is 24.4 Å². The van der Waals surface area contributed by atoms with E-state index in [4.69, 9.17) is 5.73 Å². The summed E-state index contributed by atoms with van der Waals surface area (Å²) < 4.78 is 0. The molecule has 4 N–H and O–H groups in total. The zero-order valence-corrected chi connectivity index (χ0v) is 21.8. The van der Waals surface area contributed by atoms with E-state index < -0.39 is 0 Å². The molecule has 7 rings (SSSR count). The summed E-state index contributed by atoms with van der Waals surface area (Å²) in [7, 11) is 0. The van der Waals surface area contributed by atoms with Crippen LogP contribution in [-0.2, 0) is 0 Å². The number of piperidine rings is 1. The number of fused-ring (bicyclic) bond motifs is 4. The normalized spacial score (nSPS) is 27.6. The van der Waals surface area contributed by atoms with Gasteiger partial charge in [0.15, 0.2) is 5.82 Å². The van der Waals surface area contributed by atoms with Gasteiger partial charge in [0.05, 0.1) is 24.0 Å². The van der Waals surface area contributed by atoms with Gasteiger partial charge in [-0.1, -0.05) is 18.1 Å². The van der Waals surface area contributed by atoms with Gasteiger partial charge < -0.3 is 25.7 Å². The van der Waals surface area contributed by atoms with Gasteiger partial charge in [-0.15, -0.1) is 10.2 Å². The third-order valence-corrected chi connectivity index (χ3v) is 8.90. The smallest absolute Gasteiger partial charge is 0.169 e. The molecule has 4 aliphatic rings. The largest absolute Gasteiger partial charge is 0.507 e. The molecule has 9 heteroatoms. The molecule has 39 heavy (non-hydrogen) atoms. The number of likely N-dealkylation sites (tertiary alicyclic amines) is 1. The second kappa shape index (κ2) is 9.70. The maximum Gasteiger partial charge on any atom is 0.169 e. The standard InChI is InChI=1S/C30H33N7O2/c31-30-27(15-25(33-34-30)24-5-1-2-6-28(24)38)36-17-22-7-8-23(18-36)37(22)21-9-10-32-20(14-21)4-3-11-35-16-19-12-26(35)29(39)13-19/h1-2,5-6,9-10,14-15,19,22-23,26,29,38-39H,7-8,11-13,16-18H2,(H2,31,34)/t19-,22?,23?,26+,29+/m0/s1. The van der Waals surface area contributed by atoms with Crippen molar-refractivity contribution in [1.29, 1.82) is 0 Å². The number of piperazine rings is 1.